The summed E-state index contributed by atoms with van der Waals surface area (Å²) >= 11 is 0. The molecule has 1 amide bonds. The van der Waals surface area contributed by atoms with Crippen molar-refractivity contribution < 1.29 is 4.79 Å². The summed E-state index contributed by atoms with van der Waals surface area (Å²) in [5, 5.41) is 7.66. The van der Waals surface area contributed by atoms with Crippen LogP contribution in [0.1, 0.15) is 41.2 Å². The number of nitrogens with one attached hydrogen (secondary N) is 1. The van der Waals surface area contributed by atoms with Crippen LogP contribution in [0.25, 0.3) is 6.08 Å². The lowest BCUT2D eigenvalue weighted by atomic mass is 9.92. The first-order valence-corrected chi connectivity index (χ1v) is 11.4. The van der Waals surface area contributed by atoms with Gasteiger partial charge in [0.25, 0.3) is 0 Å². The molecule has 0 atom stereocenters. The van der Waals surface area contributed by atoms with Crippen molar-refractivity contribution in [2.75, 3.05) is 18.4 Å². The van der Waals surface area contributed by atoms with Gasteiger partial charge in [0.2, 0.25) is 5.91 Å². The normalized spacial score (nSPS) is 14.7. The van der Waals surface area contributed by atoms with Crippen LogP contribution in [0.2, 0.25) is 0 Å². The molecule has 0 unspecified atom stereocenters. The van der Waals surface area contributed by atoms with Gasteiger partial charge in [-0.05, 0) is 64.2 Å². The molecule has 172 valence electrons. The third-order valence-corrected chi connectivity index (χ3v) is 6.25. The number of hydrogen-bond donors (Lipinski definition) is 1. The molecule has 8 nitrogen and oxygen atoms in total. The second kappa shape index (κ2) is 9.94. The van der Waals surface area contributed by atoms with Crippen molar-refractivity contribution in [3.05, 3.63) is 65.0 Å². The van der Waals surface area contributed by atoms with Gasteiger partial charge in [-0.1, -0.05) is 6.07 Å². The zero-order valence-corrected chi connectivity index (χ0v) is 19.7. The summed E-state index contributed by atoms with van der Waals surface area (Å²) in [7, 11) is 1.92. The summed E-state index contributed by atoms with van der Waals surface area (Å²) < 4.78 is 1.84. The van der Waals surface area contributed by atoms with Gasteiger partial charge in [-0.3, -0.25) is 9.48 Å². The molecule has 0 spiro atoms. The number of nitrogens with zero attached hydrogens (tertiary/aromatic N) is 6. The fourth-order valence-corrected chi connectivity index (χ4v) is 4.27. The molecule has 4 heterocycles. The lowest BCUT2D eigenvalue weighted by Crippen LogP contribution is -2.38. The minimum Gasteiger partial charge on any atom is -0.339 e. The Kier molecular flexibility index (Phi) is 6.82. The van der Waals surface area contributed by atoms with Crippen LogP contribution in [0.15, 0.2) is 36.7 Å². The van der Waals surface area contributed by atoms with Crippen LogP contribution >= 0.6 is 0 Å². The number of anilines is 2. The number of aromatic nitrogens is 5. The maximum atomic E-state index is 12.7. The summed E-state index contributed by atoms with van der Waals surface area (Å²) in [6.45, 7) is 7.48. The van der Waals surface area contributed by atoms with Crippen molar-refractivity contribution in [2.45, 2.75) is 40.0 Å². The number of pyridine rings is 1. The number of piperidine rings is 1. The van der Waals surface area contributed by atoms with Crippen molar-refractivity contribution >= 4 is 23.6 Å². The minimum atomic E-state index is 0.0651. The molecule has 3 aromatic heterocycles. The topological polar surface area (TPSA) is 88.8 Å². The Labute approximate surface area is 194 Å². The number of carbonyl (C=O) groups is 1. The van der Waals surface area contributed by atoms with Gasteiger partial charge in [-0.25, -0.2) is 15.0 Å². The summed E-state index contributed by atoms with van der Waals surface area (Å²) in [6, 6.07) is 7.84. The van der Waals surface area contributed by atoms with E-state index in [1.165, 1.54) is 0 Å². The summed E-state index contributed by atoms with van der Waals surface area (Å²) in [5.74, 6) is 2.09. The predicted octanol–water partition coefficient (Wildman–Crippen LogP) is 3.77. The second-order valence-electron chi connectivity index (χ2n) is 8.70. The average Bonchev–Trinajstić information content (AvgIpc) is 3.03. The molecule has 1 aliphatic rings. The Hall–Kier alpha value is -3.55. The quantitative estimate of drug-likeness (QED) is 0.581. The van der Waals surface area contributed by atoms with Crippen molar-refractivity contribution in [1.82, 2.24) is 29.6 Å². The average molecular weight is 446 g/mol. The van der Waals surface area contributed by atoms with E-state index in [1.807, 2.05) is 67.7 Å². The molecule has 3 aromatic rings. The minimum absolute atomic E-state index is 0.0651. The lowest BCUT2D eigenvalue weighted by molar-refractivity contribution is -0.127. The molecule has 8 heteroatoms. The zero-order valence-electron chi connectivity index (χ0n) is 19.7. The number of hydrogen-bond acceptors (Lipinski definition) is 6. The fraction of sp³-hybridized carbons (Fsp3) is 0.400. The molecular weight excluding hydrogens is 414 g/mol. The number of amides is 1. The highest BCUT2D eigenvalue weighted by molar-refractivity contribution is 5.92. The van der Waals surface area contributed by atoms with Crippen LogP contribution in [0, 0.1) is 26.7 Å². The van der Waals surface area contributed by atoms with Crippen molar-refractivity contribution in [2.24, 2.45) is 13.0 Å². The molecule has 1 fully saturated rings. The first kappa shape index (κ1) is 22.6. The third-order valence-electron chi connectivity index (χ3n) is 6.25. The van der Waals surface area contributed by atoms with Gasteiger partial charge < -0.3 is 10.2 Å². The Morgan fingerprint density at radius 3 is 2.64 bits per heavy atom. The van der Waals surface area contributed by atoms with Crippen LogP contribution in [0.4, 0.5) is 11.6 Å². The van der Waals surface area contributed by atoms with E-state index in [0.717, 1.165) is 72.3 Å². The molecule has 1 saturated heterocycles. The van der Waals surface area contributed by atoms with E-state index in [0.29, 0.717) is 5.92 Å². The smallest absolute Gasteiger partial charge is 0.246 e. The van der Waals surface area contributed by atoms with E-state index >= 15 is 0 Å². The Balaban J connectivity index is 1.30. The molecule has 0 aromatic carbocycles. The van der Waals surface area contributed by atoms with Gasteiger partial charge in [-0.2, -0.15) is 5.10 Å². The zero-order chi connectivity index (χ0) is 23.4. The Morgan fingerprint density at radius 1 is 1.15 bits per heavy atom. The first-order chi connectivity index (χ1) is 15.9. The maximum absolute atomic E-state index is 12.7. The number of rotatable bonds is 6. The largest absolute Gasteiger partial charge is 0.339 e. The lowest BCUT2D eigenvalue weighted by Gasteiger charge is -2.31. The maximum Gasteiger partial charge on any atom is 0.246 e. The van der Waals surface area contributed by atoms with Gasteiger partial charge in [0, 0.05) is 54.9 Å². The molecule has 0 aliphatic carbocycles. The van der Waals surface area contributed by atoms with E-state index in [1.54, 1.807) is 12.4 Å². The van der Waals surface area contributed by atoms with Crippen molar-refractivity contribution in [3.8, 4) is 0 Å². The highest BCUT2D eigenvalue weighted by Gasteiger charge is 2.22. The number of aryl methyl sites for hydroxylation is 3. The fourth-order valence-electron chi connectivity index (χ4n) is 4.27. The van der Waals surface area contributed by atoms with Crippen LogP contribution < -0.4 is 5.32 Å². The standard InChI is InChI=1S/C25H31N7O/c1-17-6-5-7-23(28-17)29-24-15-21(26-16-27-24)14-20-10-12-32(13-11-20)25(33)9-8-22-18(2)30-31(4)19(22)3/h5-9,15-16,20H,10-14H2,1-4H3,(H,26,27,28,29)/b9-8+. The van der Waals surface area contributed by atoms with E-state index < -0.39 is 0 Å². The first-order valence-electron chi connectivity index (χ1n) is 11.4. The van der Waals surface area contributed by atoms with E-state index in [-0.39, 0.29) is 5.91 Å². The molecule has 0 bridgehead atoms. The molecule has 1 N–H and O–H groups in total. The highest BCUT2D eigenvalue weighted by atomic mass is 16.2. The van der Waals surface area contributed by atoms with Crippen LogP contribution in [-0.4, -0.2) is 48.6 Å². The molecule has 4 rings (SSSR count). The van der Waals surface area contributed by atoms with Crippen LogP contribution in [-0.2, 0) is 18.3 Å². The van der Waals surface area contributed by atoms with Gasteiger partial charge in [0.15, 0.2) is 0 Å². The predicted molar refractivity (Wildman–Crippen MR) is 129 cm³/mol. The van der Waals surface area contributed by atoms with Gasteiger partial charge in [-0.15, -0.1) is 0 Å². The van der Waals surface area contributed by atoms with Crippen molar-refractivity contribution in [3.63, 3.8) is 0 Å². The molecule has 0 radical (unpaired) electrons. The molecular formula is C25H31N7O. The molecule has 1 aliphatic heterocycles. The van der Waals surface area contributed by atoms with Gasteiger partial charge >= 0.3 is 0 Å². The SMILES string of the molecule is Cc1cccc(Nc2cc(CC3CCN(C(=O)/C=C/c4c(C)nn(C)c4C)CC3)ncn2)n1. The second-order valence-corrected chi connectivity index (χ2v) is 8.70. The number of likely N-dealkylation sites (tertiary alicyclic amines) is 1. The van der Waals surface area contributed by atoms with Crippen LogP contribution in [0.3, 0.4) is 0 Å². The monoisotopic (exact) mass is 445 g/mol. The van der Waals surface area contributed by atoms with E-state index in [9.17, 15) is 4.79 Å². The summed E-state index contributed by atoms with van der Waals surface area (Å²) in [6.07, 6.45) is 7.99. The van der Waals surface area contributed by atoms with Crippen LogP contribution in [0.5, 0.6) is 0 Å². The third kappa shape index (κ3) is 5.63. The Morgan fingerprint density at radius 2 is 1.94 bits per heavy atom. The molecule has 33 heavy (non-hydrogen) atoms. The van der Waals surface area contributed by atoms with Crippen molar-refractivity contribution in [1.29, 1.82) is 0 Å². The summed E-state index contributed by atoms with van der Waals surface area (Å²) in [4.78, 5) is 27.9. The van der Waals surface area contributed by atoms with Gasteiger partial charge in [0.1, 0.15) is 18.0 Å². The number of carbonyl (C=O) groups excluding carboxylic acids is 1. The van der Waals surface area contributed by atoms with E-state index in [2.05, 4.69) is 25.4 Å². The highest BCUT2D eigenvalue weighted by Crippen LogP contribution is 2.23. The molecule has 0 saturated carbocycles. The van der Waals surface area contributed by atoms with E-state index in [4.69, 9.17) is 0 Å². The van der Waals surface area contributed by atoms with Gasteiger partial charge in [0.05, 0.1) is 5.69 Å². The Bertz CT molecular complexity index is 1160. The summed E-state index contributed by atoms with van der Waals surface area (Å²) in [5.41, 5.74) is 4.99.